The van der Waals surface area contributed by atoms with Crippen LogP contribution in [0.5, 0.6) is 11.5 Å². The summed E-state index contributed by atoms with van der Waals surface area (Å²) in [4.78, 5) is 25.2. The SMILES string of the molecule is CCCCc1ccc(OCC(=O)NN=Cc2c(OC(=O)c3ccc(Cl)cc3Cl)ccc3ccccc23)cc1. The zero-order valence-electron chi connectivity index (χ0n) is 20.7. The van der Waals surface area contributed by atoms with Gasteiger partial charge in [0.15, 0.2) is 6.61 Å². The van der Waals surface area contributed by atoms with Gasteiger partial charge in [0.1, 0.15) is 11.5 Å². The number of fused-ring (bicyclic) bond motifs is 1. The molecule has 4 aromatic carbocycles. The molecule has 0 saturated carbocycles. The number of hydrogen-bond acceptors (Lipinski definition) is 5. The zero-order valence-corrected chi connectivity index (χ0v) is 22.3. The molecule has 0 unspecified atom stereocenters. The van der Waals surface area contributed by atoms with E-state index in [2.05, 4.69) is 17.5 Å². The van der Waals surface area contributed by atoms with Gasteiger partial charge in [-0.05, 0) is 65.6 Å². The second-order valence-corrected chi connectivity index (χ2v) is 9.39. The van der Waals surface area contributed by atoms with Crippen molar-refractivity contribution in [2.24, 2.45) is 5.10 Å². The summed E-state index contributed by atoms with van der Waals surface area (Å²) >= 11 is 12.1. The molecule has 4 aromatic rings. The van der Waals surface area contributed by atoms with E-state index in [1.807, 2.05) is 54.6 Å². The summed E-state index contributed by atoms with van der Waals surface area (Å²) in [6.07, 6.45) is 4.73. The molecule has 0 fully saturated rings. The second kappa shape index (κ2) is 13.1. The Morgan fingerprint density at radius 1 is 0.974 bits per heavy atom. The molecule has 0 bridgehead atoms. The minimum absolute atomic E-state index is 0.177. The molecule has 38 heavy (non-hydrogen) atoms. The van der Waals surface area contributed by atoms with E-state index in [4.69, 9.17) is 32.7 Å². The number of aryl methyl sites for hydroxylation is 1. The van der Waals surface area contributed by atoms with Crippen LogP contribution in [0.15, 0.2) is 84.0 Å². The molecule has 0 aromatic heterocycles. The molecule has 0 saturated heterocycles. The largest absolute Gasteiger partial charge is 0.484 e. The molecule has 0 heterocycles. The molecule has 0 aliphatic carbocycles. The first-order valence-electron chi connectivity index (χ1n) is 12.2. The van der Waals surface area contributed by atoms with E-state index in [1.54, 1.807) is 12.1 Å². The highest BCUT2D eigenvalue weighted by Gasteiger charge is 2.16. The number of hydrogen-bond donors (Lipinski definition) is 1. The number of ether oxygens (including phenoxy) is 2. The van der Waals surface area contributed by atoms with Crippen LogP contribution in [0.25, 0.3) is 10.8 Å². The van der Waals surface area contributed by atoms with Gasteiger partial charge in [-0.2, -0.15) is 5.10 Å². The Balaban J connectivity index is 1.45. The number of hydrazone groups is 1. The summed E-state index contributed by atoms with van der Waals surface area (Å²) in [5.41, 5.74) is 4.39. The maximum Gasteiger partial charge on any atom is 0.345 e. The minimum Gasteiger partial charge on any atom is -0.484 e. The predicted molar refractivity (Wildman–Crippen MR) is 152 cm³/mol. The van der Waals surface area contributed by atoms with Crippen molar-refractivity contribution < 1.29 is 19.1 Å². The third kappa shape index (κ3) is 7.12. The lowest BCUT2D eigenvalue weighted by molar-refractivity contribution is -0.123. The number of amides is 1. The van der Waals surface area contributed by atoms with Gasteiger partial charge in [-0.1, -0.05) is 79.0 Å². The Morgan fingerprint density at radius 3 is 2.53 bits per heavy atom. The van der Waals surface area contributed by atoms with Gasteiger partial charge in [0.2, 0.25) is 0 Å². The summed E-state index contributed by atoms with van der Waals surface area (Å²) in [6.45, 7) is 1.96. The van der Waals surface area contributed by atoms with Crippen molar-refractivity contribution >= 4 is 52.1 Å². The molecule has 0 atom stereocenters. The predicted octanol–water partition coefficient (Wildman–Crippen LogP) is 7.24. The highest BCUT2D eigenvalue weighted by Crippen LogP contribution is 2.29. The first kappa shape index (κ1) is 27.2. The Hall–Kier alpha value is -3.87. The number of carbonyl (C=O) groups is 2. The molecular formula is C30H26Cl2N2O4. The number of nitrogens with zero attached hydrogens (tertiary/aromatic N) is 1. The van der Waals surface area contributed by atoms with Crippen LogP contribution >= 0.6 is 23.2 Å². The van der Waals surface area contributed by atoms with Crippen LogP contribution in [0, 0.1) is 0 Å². The molecule has 1 amide bonds. The van der Waals surface area contributed by atoms with Crippen LogP contribution in [0.2, 0.25) is 10.0 Å². The molecule has 0 spiro atoms. The quantitative estimate of drug-likeness (QED) is 0.0980. The van der Waals surface area contributed by atoms with Crippen LogP contribution in [0.4, 0.5) is 0 Å². The summed E-state index contributed by atoms with van der Waals surface area (Å²) < 4.78 is 11.2. The first-order chi connectivity index (χ1) is 18.4. The van der Waals surface area contributed by atoms with E-state index in [0.29, 0.717) is 16.3 Å². The highest BCUT2D eigenvalue weighted by molar-refractivity contribution is 6.36. The number of benzene rings is 4. The van der Waals surface area contributed by atoms with Crippen molar-refractivity contribution in [2.45, 2.75) is 26.2 Å². The van der Waals surface area contributed by atoms with Gasteiger partial charge in [0, 0.05) is 10.6 Å². The van der Waals surface area contributed by atoms with Gasteiger partial charge in [-0.3, -0.25) is 4.79 Å². The average Bonchev–Trinajstić information content (AvgIpc) is 2.92. The smallest absolute Gasteiger partial charge is 0.345 e. The van der Waals surface area contributed by atoms with E-state index in [1.165, 1.54) is 23.9 Å². The Morgan fingerprint density at radius 2 is 1.76 bits per heavy atom. The normalized spacial score (nSPS) is 11.0. The third-order valence-corrected chi connectivity index (χ3v) is 6.33. The van der Waals surface area contributed by atoms with Gasteiger partial charge >= 0.3 is 5.97 Å². The molecular weight excluding hydrogens is 523 g/mol. The fraction of sp³-hybridized carbons (Fsp3) is 0.167. The van der Waals surface area contributed by atoms with E-state index >= 15 is 0 Å². The lowest BCUT2D eigenvalue weighted by Crippen LogP contribution is -2.24. The van der Waals surface area contributed by atoms with Crippen molar-refractivity contribution in [1.82, 2.24) is 5.43 Å². The summed E-state index contributed by atoms with van der Waals surface area (Å²) in [6, 6.07) is 23.3. The van der Waals surface area contributed by atoms with Crippen LogP contribution < -0.4 is 14.9 Å². The topological polar surface area (TPSA) is 77.0 Å². The zero-order chi connectivity index (χ0) is 26.9. The third-order valence-electron chi connectivity index (χ3n) is 5.78. The van der Waals surface area contributed by atoms with Gasteiger partial charge in [-0.25, -0.2) is 10.2 Å². The number of unbranched alkanes of at least 4 members (excludes halogenated alkanes) is 1. The van der Waals surface area contributed by atoms with Crippen molar-refractivity contribution in [1.29, 1.82) is 0 Å². The van der Waals surface area contributed by atoms with Crippen molar-refractivity contribution in [2.75, 3.05) is 6.61 Å². The molecule has 0 aliphatic rings. The van der Waals surface area contributed by atoms with Gasteiger partial charge < -0.3 is 9.47 Å². The second-order valence-electron chi connectivity index (χ2n) is 8.54. The fourth-order valence-corrected chi connectivity index (χ4v) is 4.28. The Kier molecular flexibility index (Phi) is 9.35. The number of nitrogens with one attached hydrogen (secondary N) is 1. The van der Waals surface area contributed by atoms with Gasteiger partial charge in [0.25, 0.3) is 5.91 Å². The van der Waals surface area contributed by atoms with E-state index in [-0.39, 0.29) is 22.9 Å². The lowest BCUT2D eigenvalue weighted by Gasteiger charge is -2.11. The molecule has 8 heteroatoms. The van der Waals surface area contributed by atoms with Crippen LogP contribution in [0.1, 0.15) is 41.3 Å². The maximum absolute atomic E-state index is 12.8. The standard InChI is InChI=1S/C30H26Cl2N2O4/c1-2-3-6-20-9-13-23(14-10-20)37-19-29(35)34-33-18-26-24-8-5-4-7-21(24)11-16-28(26)38-30(36)25-15-12-22(31)17-27(25)32/h4-5,7-18H,2-3,6,19H2,1H3,(H,34,35). The summed E-state index contributed by atoms with van der Waals surface area (Å²) in [7, 11) is 0. The molecule has 0 aliphatic heterocycles. The Labute approximate surface area is 231 Å². The van der Waals surface area contributed by atoms with Crippen molar-refractivity contribution in [3.63, 3.8) is 0 Å². The molecule has 6 nitrogen and oxygen atoms in total. The van der Waals surface area contributed by atoms with Crippen LogP contribution in [-0.2, 0) is 11.2 Å². The van der Waals surface area contributed by atoms with Crippen molar-refractivity contribution in [3.05, 3.63) is 106 Å². The van der Waals surface area contributed by atoms with E-state index in [0.717, 1.165) is 30.0 Å². The van der Waals surface area contributed by atoms with Crippen molar-refractivity contribution in [3.8, 4) is 11.5 Å². The van der Waals surface area contributed by atoms with E-state index in [9.17, 15) is 9.59 Å². The van der Waals surface area contributed by atoms with Gasteiger partial charge in [0.05, 0.1) is 16.8 Å². The molecule has 0 radical (unpaired) electrons. The maximum atomic E-state index is 12.8. The fourth-order valence-electron chi connectivity index (χ4n) is 3.79. The number of carbonyl (C=O) groups excluding carboxylic acids is 2. The molecule has 194 valence electrons. The Bertz CT molecular complexity index is 1470. The average molecular weight is 549 g/mol. The summed E-state index contributed by atoms with van der Waals surface area (Å²) in [5.74, 6) is -0.205. The minimum atomic E-state index is -0.644. The summed E-state index contributed by atoms with van der Waals surface area (Å²) in [5, 5.41) is 6.38. The lowest BCUT2D eigenvalue weighted by atomic mass is 10.0. The van der Waals surface area contributed by atoms with Crippen LogP contribution in [-0.4, -0.2) is 24.7 Å². The van der Waals surface area contributed by atoms with E-state index < -0.39 is 11.9 Å². The molecule has 4 rings (SSSR count). The number of rotatable bonds is 10. The monoisotopic (exact) mass is 548 g/mol. The first-order valence-corrected chi connectivity index (χ1v) is 12.9. The number of halogens is 2. The van der Waals surface area contributed by atoms with Crippen LogP contribution in [0.3, 0.4) is 0 Å². The number of esters is 1. The van der Waals surface area contributed by atoms with Gasteiger partial charge in [-0.15, -0.1) is 0 Å². The molecule has 1 N–H and O–H groups in total. The highest BCUT2D eigenvalue weighted by atomic mass is 35.5.